The maximum absolute atomic E-state index is 12.8. The van der Waals surface area contributed by atoms with E-state index in [-0.39, 0.29) is 11.4 Å². The van der Waals surface area contributed by atoms with Crippen molar-refractivity contribution in [3.05, 3.63) is 34.4 Å². The lowest BCUT2D eigenvalue weighted by atomic mass is 10.3. The van der Waals surface area contributed by atoms with E-state index >= 15 is 0 Å². The highest BCUT2D eigenvalue weighted by atomic mass is 19.3. The van der Waals surface area contributed by atoms with E-state index in [0.29, 0.717) is 0 Å². The molecule has 2 unspecified atom stereocenters. The number of ether oxygens (including phenoxy) is 1. The first kappa shape index (κ1) is 13.2. The third kappa shape index (κ3) is 3.58. The van der Waals surface area contributed by atoms with Crippen molar-refractivity contribution in [3.8, 4) is 5.75 Å². The first-order valence-corrected chi connectivity index (χ1v) is 4.39. The van der Waals surface area contributed by atoms with Gasteiger partial charge in [-0.05, 0) is 12.1 Å². The zero-order chi connectivity index (χ0) is 13.0. The largest absolute Gasteiger partial charge is 0.457 e. The van der Waals surface area contributed by atoms with Crippen molar-refractivity contribution in [2.45, 2.75) is 19.0 Å². The Morgan fingerprint density at radius 1 is 1.12 bits per heavy atom. The van der Waals surface area contributed by atoms with E-state index in [4.69, 9.17) is 0 Å². The molecular formula is C9H7F4NO3. The number of nitro groups is 1. The van der Waals surface area contributed by atoms with Gasteiger partial charge in [-0.3, -0.25) is 10.1 Å². The molecule has 0 amide bonds. The van der Waals surface area contributed by atoms with Crippen LogP contribution in [0, 0.1) is 10.1 Å². The van der Waals surface area contributed by atoms with Crippen LogP contribution in [0.4, 0.5) is 23.2 Å². The van der Waals surface area contributed by atoms with Gasteiger partial charge in [0.25, 0.3) is 18.5 Å². The standard InChI is InChI=1S/C9H7F4NO3/c10-7(8(11)12)9(13)17-6-3-1-5(2-4-6)14(15)16/h1-4,7-9H. The number of hydrogen-bond acceptors (Lipinski definition) is 3. The number of halogens is 4. The maximum Gasteiger partial charge on any atom is 0.275 e. The van der Waals surface area contributed by atoms with E-state index in [1.54, 1.807) is 0 Å². The first-order valence-electron chi connectivity index (χ1n) is 4.39. The SMILES string of the molecule is O=[N+]([O-])c1ccc(OC(F)C(F)C(F)F)cc1. The number of nitro benzene ring substituents is 1. The van der Waals surface area contributed by atoms with Gasteiger partial charge in [0.2, 0.25) is 6.17 Å². The molecule has 0 spiro atoms. The van der Waals surface area contributed by atoms with Crippen molar-refractivity contribution in [1.82, 2.24) is 0 Å². The molecule has 8 heteroatoms. The fourth-order valence-corrected chi connectivity index (χ4v) is 0.956. The van der Waals surface area contributed by atoms with Crippen molar-refractivity contribution < 1.29 is 27.2 Å². The van der Waals surface area contributed by atoms with Gasteiger partial charge in [-0.1, -0.05) is 0 Å². The van der Waals surface area contributed by atoms with Crippen LogP contribution in [-0.4, -0.2) is 23.9 Å². The third-order valence-corrected chi connectivity index (χ3v) is 1.79. The minimum Gasteiger partial charge on any atom is -0.457 e. The van der Waals surface area contributed by atoms with Crippen LogP contribution in [0.25, 0.3) is 0 Å². The normalized spacial score (nSPS) is 14.4. The van der Waals surface area contributed by atoms with Gasteiger partial charge in [0.1, 0.15) is 5.75 Å². The van der Waals surface area contributed by atoms with E-state index < -0.39 is 23.9 Å². The average molecular weight is 253 g/mol. The van der Waals surface area contributed by atoms with Crippen LogP contribution in [0.5, 0.6) is 5.75 Å². The predicted molar refractivity (Wildman–Crippen MR) is 49.5 cm³/mol. The Balaban J connectivity index is 2.66. The molecule has 94 valence electrons. The molecule has 1 aromatic carbocycles. The molecule has 1 aromatic rings. The van der Waals surface area contributed by atoms with Crippen molar-refractivity contribution in [2.75, 3.05) is 0 Å². The van der Waals surface area contributed by atoms with Gasteiger partial charge in [0, 0.05) is 12.1 Å². The molecule has 0 fully saturated rings. The molecule has 0 saturated heterocycles. The molecule has 0 aliphatic carbocycles. The minimum atomic E-state index is -3.50. The van der Waals surface area contributed by atoms with E-state index in [2.05, 4.69) is 4.74 Å². The van der Waals surface area contributed by atoms with Crippen LogP contribution >= 0.6 is 0 Å². The van der Waals surface area contributed by atoms with E-state index in [1.807, 2.05) is 0 Å². The molecule has 0 aliphatic heterocycles. The molecule has 0 aliphatic rings. The zero-order valence-electron chi connectivity index (χ0n) is 8.23. The molecule has 1 rings (SSSR count). The van der Waals surface area contributed by atoms with Gasteiger partial charge in [-0.15, -0.1) is 0 Å². The molecular weight excluding hydrogens is 246 g/mol. The highest BCUT2D eigenvalue weighted by molar-refractivity contribution is 5.36. The second-order valence-electron chi connectivity index (χ2n) is 3.00. The van der Waals surface area contributed by atoms with Gasteiger partial charge in [-0.25, -0.2) is 13.2 Å². The lowest BCUT2D eigenvalue weighted by molar-refractivity contribution is -0.384. The molecule has 17 heavy (non-hydrogen) atoms. The summed E-state index contributed by atoms with van der Waals surface area (Å²) in [5.41, 5.74) is -0.279. The van der Waals surface area contributed by atoms with Gasteiger partial charge in [-0.2, -0.15) is 4.39 Å². The van der Waals surface area contributed by atoms with Crippen molar-refractivity contribution in [2.24, 2.45) is 0 Å². The molecule has 0 N–H and O–H groups in total. The predicted octanol–water partition coefficient (Wildman–Crippen LogP) is 2.87. The smallest absolute Gasteiger partial charge is 0.275 e. The Morgan fingerprint density at radius 3 is 2.06 bits per heavy atom. The summed E-state index contributed by atoms with van der Waals surface area (Å²) in [4.78, 5) is 9.56. The summed E-state index contributed by atoms with van der Waals surface area (Å²) in [6, 6.07) is 3.95. The number of alkyl halides is 4. The Morgan fingerprint density at radius 2 is 1.65 bits per heavy atom. The van der Waals surface area contributed by atoms with Crippen LogP contribution < -0.4 is 4.74 Å². The average Bonchev–Trinajstić information content (AvgIpc) is 2.28. The molecule has 0 saturated carbocycles. The van der Waals surface area contributed by atoms with Crippen molar-refractivity contribution in [1.29, 1.82) is 0 Å². The number of hydrogen-bond donors (Lipinski definition) is 0. The zero-order valence-corrected chi connectivity index (χ0v) is 8.23. The minimum absolute atomic E-state index is 0.272. The second kappa shape index (κ2) is 5.46. The Kier molecular flexibility index (Phi) is 4.24. The van der Waals surface area contributed by atoms with Gasteiger partial charge >= 0.3 is 0 Å². The second-order valence-corrected chi connectivity index (χ2v) is 3.00. The van der Waals surface area contributed by atoms with Crippen molar-refractivity contribution in [3.63, 3.8) is 0 Å². The molecule has 0 heterocycles. The topological polar surface area (TPSA) is 52.4 Å². The van der Waals surface area contributed by atoms with Crippen LogP contribution in [0.3, 0.4) is 0 Å². The van der Waals surface area contributed by atoms with Gasteiger partial charge in [0.15, 0.2) is 0 Å². The molecule has 0 bridgehead atoms. The molecule has 0 radical (unpaired) electrons. The number of nitrogens with zero attached hydrogens (tertiary/aromatic N) is 1. The highest BCUT2D eigenvalue weighted by Gasteiger charge is 2.31. The third-order valence-electron chi connectivity index (χ3n) is 1.79. The summed E-state index contributed by atoms with van der Waals surface area (Å²) in [5, 5.41) is 10.3. The Bertz CT molecular complexity index is 384. The number of benzene rings is 1. The highest BCUT2D eigenvalue weighted by Crippen LogP contribution is 2.21. The van der Waals surface area contributed by atoms with E-state index in [0.717, 1.165) is 24.3 Å². The maximum atomic E-state index is 12.8. The monoisotopic (exact) mass is 253 g/mol. The van der Waals surface area contributed by atoms with Crippen LogP contribution in [0.1, 0.15) is 0 Å². The fraction of sp³-hybridized carbons (Fsp3) is 0.333. The summed E-state index contributed by atoms with van der Waals surface area (Å²) in [7, 11) is 0. The lowest BCUT2D eigenvalue weighted by Gasteiger charge is -2.14. The summed E-state index contributed by atoms with van der Waals surface area (Å²) >= 11 is 0. The molecule has 0 aromatic heterocycles. The summed E-state index contributed by atoms with van der Waals surface area (Å²) in [5.74, 6) is -0.272. The summed E-state index contributed by atoms with van der Waals surface area (Å²) < 4.78 is 53.0. The lowest BCUT2D eigenvalue weighted by Crippen LogP contribution is -2.29. The van der Waals surface area contributed by atoms with E-state index in [1.165, 1.54) is 0 Å². The van der Waals surface area contributed by atoms with Crippen molar-refractivity contribution >= 4 is 5.69 Å². The Hall–Kier alpha value is -1.86. The van der Waals surface area contributed by atoms with Crippen LogP contribution in [0.2, 0.25) is 0 Å². The van der Waals surface area contributed by atoms with Crippen LogP contribution in [-0.2, 0) is 0 Å². The Labute approximate surface area is 93.0 Å². The van der Waals surface area contributed by atoms with Gasteiger partial charge < -0.3 is 4.74 Å². The van der Waals surface area contributed by atoms with E-state index in [9.17, 15) is 27.7 Å². The molecule has 4 nitrogen and oxygen atoms in total. The van der Waals surface area contributed by atoms with Gasteiger partial charge in [0.05, 0.1) is 4.92 Å². The molecule has 2 atom stereocenters. The number of non-ortho nitro benzene ring substituents is 1. The summed E-state index contributed by atoms with van der Waals surface area (Å²) in [6.45, 7) is 0. The first-order chi connectivity index (χ1) is 7.91. The van der Waals surface area contributed by atoms with Crippen LogP contribution in [0.15, 0.2) is 24.3 Å². The quantitative estimate of drug-likeness (QED) is 0.460. The number of rotatable bonds is 5. The fourth-order valence-electron chi connectivity index (χ4n) is 0.956. The summed E-state index contributed by atoms with van der Waals surface area (Å²) in [6.07, 6.45) is -9.38.